The van der Waals surface area contributed by atoms with Crippen molar-refractivity contribution >= 4 is 39.1 Å². The molecule has 3 nitrogen and oxygen atoms in total. The van der Waals surface area contributed by atoms with Crippen molar-refractivity contribution in [2.75, 3.05) is 11.9 Å². The third kappa shape index (κ3) is 3.21. The van der Waals surface area contributed by atoms with E-state index in [0.29, 0.717) is 18.1 Å². The molecule has 0 aliphatic heterocycles. The molecule has 0 fully saturated rings. The molecule has 126 valence electrons. The Morgan fingerprint density at radius 2 is 1.40 bits per heavy atom. The summed E-state index contributed by atoms with van der Waals surface area (Å²) in [5, 5.41) is 16.9. The largest absolute Gasteiger partial charge is 0.389 e. The van der Waals surface area contributed by atoms with E-state index in [0.717, 1.165) is 16.7 Å². The molecule has 0 spiro atoms. The van der Waals surface area contributed by atoms with E-state index in [-0.39, 0.29) is 0 Å². The first-order chi connectivity index (χ1) is 12.2. The highest BCUT2D eigenvalue weighted by Crippen LogP contribution is 2.28. The Labute approximate surface area is 151 Å². The number of fused-ring (bicyclic) bond motifs is 3. The second kappa shape index (κ2) is 6.79. The van der Waals surface area contributed by atoms with Gasteiger partial charge in [-0.25, -0.2) is 0 Å². The van der Waals surface area contributed by atoms with Crippen molar-refractivity contribution in [3.8, 4) is 0 Å². The molecule has 1 heterocycles. The number of benzene rings is 3. The third-order valence-electron chi connectivity index (χ3n) is 4.46. The average Bonchev–Trinajstić information content (AvgIpc) is 2.96. The summed E-state index contributed by atoms with van der Waals surface area (Å²) in [7, 11) is 0. The fourth-order valence-corrected chi connectivity index (χ4v) is 3.40. The van der Waals surface area contributed by atoms with Gasteiger partial charge in [0.2, 0.25) is 0 Å². The zero-order chi connectivity index (χ0) is 17.2. The Morgan fingerprint density at radius 3 is 2.00 bits per heavy atom. The summed E-state index contributed by atoms with van der Waals surface area (Å²) < 4.78 is 2.19. The Balaban J connectivity index is 1.58. The van der Waals surface area contributed by atoms with Gasteiger partial charge in [0.15, 0.2) is 0 Å². The van der Waals surface area contributed by atoms with Gasteiger partial charge in [0, 0.05) is 39.1 Å². The third-order valence-corrected chi connectivity index (χ3v) is 4.71. The molecule has 0 saturated heterocycles. The molecule has 0 saturated carbocycles. The van der Waals surface area contributed by atoms with Crippen LogP contribution in [0.3, 0.4) is 0 Å². The summed E-state index contributed by atoms with van der Waals surface area (Å²) in [4.78, 5) is 0. The molecular formula is C21H19ClN2O. The number of nitrogens with one attached hydrogen (secondary N) is 1. The van der Waals surface area contributed by atoms with Gasteiger partial charge in [-0.1, -0.05) is 48.0 Å². The standard InChI is InChI=1S/C21H19ClN2O/c22-15-9-11-16(12-10-15)23-13-17(25)14-24-20-7-3-1-5-18(20)19-6-2-4-8-21(19)24/h1-12,17,23,25H,13-14H2/t17-/m1/s1. The second-order valence-corrected chi connectivity index (χ2v) is 6.62. The van der Waals surface area contributed by atoms with Gasteiger partial charge in [-0.2, -0.15) is 0 Å². The fourth-order valence-electron chi connectivity index (χ4n) is 3.28. The summed E-state index contributed by atoms with van der Waals surface area (Å²) in [6, 6.07) is 24.2. The van der Waals surface area contributed by atoms with Gasteiger partial charge in [-0.05, 0) is 36.4 Å². The number of hydrogen-bond donors (Lipinski definition) is 2. The van der Waals surface area contributed by atoms with Crippen molar-refractivity contribution in [2.45, 2.75) is 12.6 Å². The maximum atomic E-state index is 10.5. The minimum atomic E-state index is -0.505. The molecule has 0 amide bonds. The van der Waals surface area contributed by atoms with Crippen LogP contribution in [0.1, 0.15) is 0 Å². The van der Waals surface area contributed by atoms with Gasteiger partial charge >= 0.3 is 0 Å². The molecule has 1 aromatic heterocycles. The maximum absolute atomic E-state index is 10.5. The molecule has 0 aliphatic rings. The van der Waals surface area contributed by atoms with E-state index in [1.807, 2.05) is 36.4 Å². The number of hydrogen-bond acceptors (Lipinski definition) is 2. The maximum Gasteiger partial charge on any atom is 0.0891 e. The number of aliphatic hydroxyl groups is 1. The first-order valence-electron chi connectivity index (χ1n) is 8.36. The van der Waals surface area contributed by atoms with Crippen LogP contribution in [0, 0.1) is 0 Å². The van der Waals surface area contributed by atoms with E-state index >= 15 is 0 Å². The van der Waals surface area contributed by atoms with Gasteiger partial charge in [0.1, 0.15) is 0 Å². The topological polar surface area (TPSA) is 37.2 Å². The molecule has 1 atom stereocenters. The molecule has 3 aromatic carbocycles. The predicted octanol–water partition coefficient (Wildman–Crippen LogP) is 4.92. The smallest absolute Gasteiger partial charge is 0.0891 e. The van der Waals surface area contributed by atoms with Crippen LogP contribution in [0.2, 0.25) is 5.02 Å². The van der Waals surface area contributed by atoms with Crippen LogP contribution in [0.4, 0.5) is 5.69 Å². The lowest BCUT2D eigenvalue weighted by atomic mass is 10.2. The number of rotatable bonds is 5. The fraction of sp³-hybridized carbons (Fsp3) is 0.143. The molecule has 4 rings (SSSR count). The SMILES string of the molecule is O[C@H](CNc1ccc(Cl)cc1)Cn1c2ccccc2c2ccccc21. The van der Waals surface area contributed by atoms with E-state index in [2.05, 4.69) is 46.3 Å². The number of nitrogens with zero attached hydrogens (tertiary/aromatic N) is 1. The number of para-hydroxylation sites is 2. The van der Waals surface area contributed by atoms with Gasteiger partial charge < -0.3 is 15.0 Å². The highest BCUT2D eigenvalue weighted by molar-refractivity contribution is 6.30. The monoisotopic (exact) mass is 350 g/mol. The van der Waals surface area contributed by atoms with Crippen LogP contribution in [-0.4, -0.2) is 22.3 Å². The lowest BCUT2D eigenvalue weighted by Gasteiger charge is -2.15. The molecule has 25 heavy (non-hydrogen) atoms. The van der Waals surface area contributed by atoms with E-state index in [1.165, 1.54) is 10.8 Å². The summed E-state index contributed by atoms with van der Waals surface area (Å²) in [5.74, 6) is 0. The quantitative estimate of drug-likeness (QED) is 0.536. The van der Waals surface area contributed by atoms with E-state index < -0.39 is 6.10 Å². The van der Waals surface area contributed by atoms with Gasteiger partial charge in [-0.3, -0.25) is 0 Å². The Kier molecular flexibility index (Phi) is 4.35. The van der Waals surface area contributed by atoms with Crippen molar-refractivity contribution in [1.29, 1.82) is 0 Å². The lowest BCUT2D eigenvalue weighted by molar-refractivity contribution is 0.169. The minimum Gasteiger partial charge on any atom is -0.389 e. The second-order valence-electron chi connectivity index (χ2n) is 6.19. The average molecular weight is 351 g/mol. The van der Waals surface area contributed by atoms with Crippen molar-refractivity contribution in [3.05, 3.63) is 77.8 Å². The van der Waals surface area contributed by atoms with Gasteiger partial charge in [0.25, 0.3) is 0 Å². The summed E-state index contributed by atoms with van der Waals surface area (Å²) >= 11 is 5.90. The summed E-state index contributed by atoms with van der Waals surface area (Å²) in [5.41, 5.74) is 3.24. The number of anilines is 1. The molecule has 4 aromatic rings. The minimum absolute atomic E-state index is 0.475. The first-order valence-corrected chi connectivity index (χ1v) is 8.73. The highest BCUT2D eigenvalue weighted by atomic mass is 35.5. The molecule has 2 N–H and O–H groups in total. The number of aliphatic hydroxyl groups excluding tert-OH is 1. The highest BCUT2D eigenvalue weighted by Gasteiger charge is 2.13. The van der Waals surface area contributed by atoms with Crippen LogP contribution >= 0.6 is 11.6 Å². The normalized spacial score (nSPS) is 12.6. The van der Waals surface area contributed by atoms with Crippen molar-refractivity contribution < 1.29 is 5.11 Å². The van der Waals surface area contributed by atoms with Crippen molar-refractivity contribution in [3.63, 3.8) is 0 Å². The molecular weight excluding hydrogens is 332 g/mol. The molecule has 0 unspecified atom stereocenters. The van der Waals surface area contributed by atoms with E-state index in [1.54, 1.807) is 0 Å². The molecule has 4 heteroatoms. The van der Waals surface area contributed by atoms with Crippen LogP contribution in [0.25, 0.3) is 21.8 Å². The lowest BCUT2D eigenvalue weighted by Crippen LogP contribution is -2.24. The number of aromatic nitrogens is 1. The van der Waals surface area contributed by atoms with E-state index in [9.17, 15) is 5.11 Å². The van der Waals surface area contributed by atoms with E-state index in [4.69, 9.17) is 11.6 Å². The Hall–Kier alpha value is -2.49. The molecule has 0 aliphatic carbocycles. The van der Waals surface area contributed by atoms with Crippen molar-refractivity contribution in [2.24, 2.45) is 0 Å². The van der Waals surface area contributed by atoms with Gasteiger partial charge in [-0.15, -0.1) is 0 Å². The van der Waals surface area contributed by atoms with Crippen LogP contribution in [-0.2, 0) is 6.54 Å². The summed E-state index contributed by atoms with van der Waals surface area (Å²) in [6.45, 7) is 1.01. The molecule has 0 radical (unpaired) electrons. The zero-order valence-corrected chi connectivity index (χ0v) is 14.4. The Bertz CT molecular complexity index is 954. The molecule has 0 bridgehead atoms. The Morgan fingerprint density at radius 1 is 0.840 bits per heavy atom. The summed E-state index contributed by atoms with van der Waals surface area (Å²) in [6.07, 6.45) is -0.505. The van der Waals surface area contributed by atoms with Crippen LogP contribution in [0.15, 0.2) is 72.8 Å². The van der Waals surface area contributed by atoms with Crippen molar-refractivity contribution in [1.82, 2.24) is 4.57 Å². The van der Waals surface area contributed by atoms with Crippen LogP contribution < -0.4 is 5.32 Å². The number of halogens is 1. The predicted molar refractivity (Wildman–Crippen MR) is 105 cm³/mol. The van der Waals surface area contributed by atoms with Gasteiger partial charge in [0.05, 0.1) is 12.6 Å². The van der Waals surface area contributed by atoms with Crippen LogP contribution in [0.5, 0.6) is 0 Å². The zero-order valence-electron chi connectivity index (χ0n) is 13.7. The first kappa shape index (κ1) is 16.0.